The van der Waals surface area contributed by atoms with E-state index in [9.17, 15) is 13.2 Å². The van der Waals surface area contributed by atoms with Gasteiger partial charge in [0, 0.05) is 12.5 Å². The van der Waals surface area contributed by atoms with E-state index in [1.54, 1.807) is 0 Å². The van der Waals surface area contributed by atoms with Crippen molar-refractivity contribution in [1.29, 1.82) is 0 Å². The van der Waals surface area contributed by atoms with Gasteiger partial charge in [0.15, 0.2) is 0 Å². The number of rotatable bonds is 4. The summed E-state index contributed by atoms with van der Waals surface area (Å²) in [6.07, 6.45) is 0.784. The van der Waals surface area contributed by atoms with Crippen LogP contribution in [-0.2, 0) is 0 Å². The molecule has 96 valence electrons. The van der Waals surface area contributed by atoms with Crippen molar-refractivity contribution < 1.29 is 13.2 Å². The Hall–Kier alpha value is -0.250. The van der Waals surface area contributed by atoms with Crippen LogP contribution in [0, 0.1) is 11.8 Å². The Kier molecular flexibility index (Phi) is 5.09. The van der Waals surface area contributed by atoms with Crippen molar-refractivity contribution in [1.82, 2.24) is 0 Å². The van der Waals surface area contributed by atoms with Crippen molar-refractivity contribution in [3.63, 3.8) is 0 Å². The van der Waals surface area contributed by atoms with Gasteiger partial charge in [-0.1, -0.05) is 26.2 Å². The molecule has 1 unspecified atom stereocenters. The summed E-state index contributed by atoms with van der Waals surface area (Å²) in [5.74, 6) is 1.08. The number of halogens is 3. The molecule has 0 aromatic rings. The van der Waals surface area contributed by atoms with Gasteiger partial charge in [0.1, 0.15) is 0 Å². The zero-order valence-corrected chi connectivity index (χ0v) is 9.89. The molecule has 1 aliphatic rings. The van der Waals surface area contributed by atoms with Gasteiger partial charge in [0.05, 0.1) is 0 Å². The van der Waals surface area contributed by atoms with Crippen LogP contribution in [0.25, 0.3) is 0 Å². The van der Waals surface area contributed by atoms with Crippen LogP contribution in [0.4, 0.5) is 13.2 Å². The summed E-state index contributed by atoms with van der Waals surface area (Å²) < 4.78 is 36.1. The first-order chi connectivity index (χ1) is 7.42. The highest BCUT2D eigenvalue weighted by atomic mass is 19.4. The fourth-order valence-electron chi connectivity index (χ4n) is 2.59. The average molecular weight is 237 g/mol. The Balaban J connectivity index is 2.25. The Morgan fingerprint density at radius 1 is 1.19 bits per heavy atom. The van der Waals surface area contributed by atoms with Crippen molar-refractivity contribution in [2.75, 3.05) is 0 Å². The quantitative estimate of drug-likeness (QED) is 0.789. The fourth-order valence-corrected chi connectivity index (χ4v) is 2.59. The Labute approximate surface area is 95.6 Å². The molecule has 1 rings (SSSR count). The lowest BCUT2D eigenvalue weighted by Crippen LogP contribution is -2.34. The largest absolute Gasteiger partial charge is 0.389 e. The molecule has 0 heterocycles. The molecule has 1 aliphatic carbocycles. The lowest BCUT2D eigenvalue weighted by Gasteiger charge is -2.31. The standard InChI is InChI=1S/C12H22F3N/c1-2-9-3-5-10(6-4-9)11(16)7-8-12(13,14)15/h9-11H,2-8,16H2,1H3. The minimum absolute atomic E-state index is 0.0883. The maximum Gasteiger partial charge on any atom is 0.389 e. The summed E-state index contributed by atoms with van der Waals surface area (Å²) >= 11 is 0. The third-order valence-electron chi connectivity index (χ3n) is 3.84. The van der Waals surface area contributed by atoms with Crippen LogP contribution in [0.1, 0.15) is 51.9 Å². The van der Waals surface area contributed by atoms with Gasteiger partial charge in [0.2, 0.25) is 0 Å². The molecule has 0 amide bonds. The molecule has 0 aromatic carbocycles. The van der Waals surface area contributed by atoms with E-state index in [2.05, 4.69) is 6.92 Å². The summed E-state index contributed by atoms with van der Waals surface area (Å²) in [7, 11) is 0. The highest BCUT2D eigenvalue weighted by Crippen LogP contribution is 2.34. The van der Waals surface area contributed by atoms with Crippen LogP contribution >= 0.6 is 0 Å². The maximum atomic E-state index is 12.0. The van der Waals surface area contributed by atoms with Crippen molar-refractivity contribution >= 4 is 0 Å². The minimum Gasteiger partial charge on any atom is -0.327 e. The molecular weight excluding hydrogens is 215 g/mol. The van der Waals surface area contributed by atoms with Gasteiger partial charge < -0.3 is 5.73 Å². The Morgan fingerprint density at radius 3 is 2.19 bits per heavy atom. The zero-order chi connectivity index (χ0) is 12.2. The number of hydrogen-bond donors (Lipinski definition) is 1. The molecule has 2 N–H and O–H groups in total. The molecule has 0 aliphatic heterocycles. The second-order valence-electron chi connectivity index (χ2n) is 5.01. The van der Waals surface area contributed by atoms with Crippen LogP contribution in [0.2, 0.25) is 0 Å². The third kappa shape index (κ3) is 4.73. The summed E-state index contributed by atoms with van der Waals surface area (Å²) in [4.78, 5) is 0. The molecular formula is C12H22F3N. The van der Waals surface area contributed by atoms with Crippen LogP contribution in [-0.4, -0.2) is 12.2 Å². The first-order valence-corrected chi connectivity index (χ1v) is 6.24. The van der Waals surface area contributed by atoms with E-state index in [4.69, 9.17) is 5.73 Å². The van der Waals surface area contributed by atoms with Crippen LogP contribution < -0.4 is 5.73 Å². The topological polar surface area (TPSA) is 26.0 Å². The molecule has 1 atom stereocenters. The molecule has 0 spiro atoms. The van der Waals surface area contributed by atoms with Crippen molar-refractivity contribution in [3.8, 4) is 0 Å². The second-order valence-corrected chi connectivity index (χ2v) is 5.01. The summed E-state index contributed by atoms with van der Waals surface area (Å²) in [5.41, 5.74) is 5.84. The van der Waals surface area contributed by atoms with E-state index in [0.717, 1.165) is 31.6 Å². The van der Waals surface area contributed by atoms with E-state index in [0.29, 0.717) is 5.92 Å². The van der Waals surface area contributed by atoms with Crippen LogP contribution in [0.5, 0.6) is 0 Å². The summed E-state index contributed by atoms with van der Waals surface area (Å²) in [6.45, 7) is 2.18. The van der Waals surface area contributed by atoms with Gasteiger partial charge in [-0.05, 0) is 31.1 Å². The van der Waals surface area contributed by atoms with E-state index >= 15 is 0 Å². The van der Waals surface area contributed by atoms with Gasteiger partial charge in [-0.3, -0.25) is 0 Å². The number of alkyl halides is 3. The SMILES string of the molecule is CCC1CCC(C(N)CCC(F)(F)F)CC1. The molecule has 0 bridgehead atoms. The Bertz CT molecular complexity index is 195. The van der Waals surface area contributed by atoms with Gasteiger partial charge in [-0.15, -0.1) is 0 Å². The van der Waals surface area contributed by atoms with E-state index < -0.39 is 12.6 Å². The Morgan fingerprint density at radius 2 is 1.75 bits per heavy atom. The molecule has 1 saturated carbocycles. The van der Waals surface area contributed by atoms with E-state index in [1.165, 1.54) is 6.42 Å². The minimum atomic E-state index is -4.06. The van der Waals surface area contributed by atoms with Gasteiger partial charge in [0.25, 0.3) is 0 Å². The summed E-state index contributed by atoms with van der Waals surface area (Å²) in [5, 5.41) is 0. The first-order valence-electron chi connectivity index (χ1n) is 6.24. The van der Waals surface area contributed by atoms with E-state index in [1.807, 2.05) is 0 Å². The predicted molar refractivity (Wildman–Crippen MR) is 59.0 cm³/mol. The monoisotopic (exact) mass is 237 g/mol. The van der Waals surface area contributed by atoms with Gasteiger partial charge in [-0.2, -0.15) is 13.2 Å². The van der Waals surface area contributed by atoms with Crippen molar-refractivity contribution in [3.05, 3.63) is 0 Å². The number of nitrogens with two attached hydrogens (primary N) is 1. The molecule has 0 saturated heterocycles. The zero-order valence-electron chi connectivity index (χ0n) is 9.89. The first kappa shape index (κ1) is 13.8. The van der Waals surface area contributed by atoms with Gasteiger partial charge in [-0.25, -0.2) is 0 Å². The maximum absolute atomic E-state index is 12.0. The molecule has 1 nitrogen and oxygen atoms in total. The molecule has 1 fully saturated rings. The highest BCUT2D eigenvalue weighted by molar-refractivity contribution is 4.80. The highest BCUT2D eigenvalue weighted by Gasteiger charge is 2.30. The smallest absolute Gasteiger partial charge is 0.327 e. The summed E-state index contributed by atoms with van der Waals surface area (Å²) in [6, 6.07) is -0.264. The molecule has 0 aromatic heterocycles. The van der Waals surface area contributed by atoms with Crippen molar-refractivity contribution in [2.45, 2.75) is 64.1 Å². The lowest BCUT2D eigenvalue weighted by molar-refractivity contribution is -0.137. The number of hydrogen-bond acceptors (Lipinski definition) is 1. The van der Waals surface area contributed by atoms with E-state index in [-0.39, 0.29) is 12.5 Å². The molecule has 4 heteroatoms. The molecule has 0 radical (unpaired) electrons. The average Bonchev–Trinajstić information content (AvgIpc) is 2.25. The molecule has 16 heavy (non-hydrogen) atoms. The van der Waals surface area contributed by atoms with Crippen LogP contribution in [0.15, 0.2) is 0 Å². The predicted octanol–water partition coefficient (Wildman–Crippen LogP) is 3.87. The second kappa shape index (κ2) is 5.89. The van der Waals surface area contributed by atoms with Crippen molar-refractivity contribution in [2.24, 2.45) is 17.6 Å². The van der Waals surface area contributed by atoms with Gasteiger partial charge >= 0.3 is 6.18 Å². The fraction of sp³-hybridized carbons (Fsp3) is 1.00. The normalized spacial score (nSPS) is 29.1. The third-order valence-corrected chi connectivity index (χ3v) is 3.84. The lowest BCUT2D eigenvalue weighted by atomic mass is 9.77. The van der Waals surface area contributed by atoms with Crippen LogP contribution in [0.3, 0.4) is 0 Å².